The molecule has 1 atom stereocenters. The number of fused-ring (bicyclic) bond motifs is 1. The number of hydrogen-bond donors (Lipinski definition) is 0. The standard InChI is InChI=1S/C25H22Cl2FN3O/c1-16(25(32)30(2)15-18-6-4-3-5-7-18)31-23-14-21(27)20(26)13-22(23)29-24(31)12-17-8-10-19(28)11-9-17/h3-11,13-14,16H,12,15H2,1-2H3/t16-/m1/s1. The van der Waals surface area contributed by atoms with Gasteiger partial charge < -0.3 is 9.47 Å². The average Bonchev–Trinajstić information content (AvgIpc) is 3.11. The van der Waals surface area contributed by atoms with Gasteiger partial charge in [-0.2, -0.15) is 0 Å². The molecule has 0 aliphatic carbocycles. The molecular formula is C25H22Cl2FN3O. The second-order valence-electron chi connectivity index (χ2n) is 7.81. The van der Waals surface area contributed by atoms with Crippen molar-refractivity contribution in [3.63, 3.8) is 0 Å². The first-order valence-electron chi connectivity index (χ1n) is 10.2. The summed E-state index contributed by atoms with van der Waals surface area (Å²) in [4.78, 5) is 19.8. The second kappa shape index (κ2) is 9.31. The van der Waals surface area contributed by atoms with Crippen molar-refractivity contribution in [1.82, 2.24) is 14.5 Å². The minimum atomic E-state index is -0.526. The molecule has 1 heterocycles. The third-order valence-corrected chi connectivity index (χ3v) is 6.19. The number of likely N-dealkylation sites (N-methyl/N-ethyl adjacent to an activating group) is 1. The van der Waals surface area contributed by atoms with Gasteiger partial charge in [-0.05, 0) is 42.3 Å². The van der Waals surface area contributed by atoms with Crippen molar-refractivity contribution < 1.29 is 9.18 Å². The lowest BCUT2D eigenvalue weighted by molar-refractivity contribution is -0.133. The van der Waals surface area contributed by atoms with Crippen molar-refractivity contribution >= 4 is 40.1 Å². The number of hydrogen-bond acceptors (Lipinski definition) is 2. The van der Waals surface area contributed by atoms with E-state index < -0.39 is 6.04 Å². The number of amides is 1. The molecule has 0 aliphatic rings. The molecule has 0 saturated heterocycles. The van der Waals surface area contributed by atoms with E-state index in [2.05, 4.69) is 0 Å². The number of halogens is 3. The summed E-state index contributed by atoms with van der Waals surface area (Å²) < 4.78 is 15.3. The monoisotopic (exact) mass is 469 g/mol. The highest BCUT2D eigenvalue weighted by Crippen LogP contribution is 2.31. The maximum atomic E-state index is 13.4. The van der Waals surface area contributed by atoms with E-state index in [1.165, 1.54) is 12.1 Å². The van der Waals surface area contributed by atoms with Gasteiger partial charge in [0.25, 0.3) is 0 Å². The third-order valence-electron chi connectivity index (χ3n) is 5.46. The maximum absolute atomic E-state index is 13.4. The van der Waals surface area contributed by atoms with Crippen LogP contribution in [0.2, 0.25) is 10.0 Å². The van der Waals surface area contributed by atoms with Gasteiger partial charge in [0.15, 0.2) is 0 Å². The van der Waals surface area contributed by atoms with Crippen molar-refractivity contribution in [2.75, 3.05) is 7.05 Å². The zero-order chi connectivity index (χ0) is 22.8. The molecule has 3 aromatic carbocycles. The molecule has 4 rings (SSSR count). The van der Waals surface area contributed by atoms with Gasteiger partial charge in [0.05, 0.1) is 21.1 Å². The lowest BCUT2D eigenvalue weighted by atomic mass is 10.1. The fraction of sp³-hybridized carbons (Fsp3) is 0.200. The summed E-state index contributed by atoms with van der Waals surface area (Å²) in [6.07, 6.45) is 0.435. The molecule has 1 amide bonds. The normalized spacial score (nSPS) is 12.2. The Kier molecular flexibility index (Phi) is 6.49. The molecule has 7 heteroatoms. The molecule has 0 spiro atoms. The Morgan fingerprint density at radius 2 is 1.69 bits per heavy atom. The summed E-state index contributed by atoms with van der Waals surface area (Å²) >= 11 is 12.5. The number of carbonyl (C=O) groups is 1. The predicted octanol–water partition coefficient (Wildman–Crippen LogP) is 6.29. The van der Waals surface area contributed by atoms with Crippen LogP contribution in [0.25, 0.3) is 11.0 Å². The molecule has 0 unspecified atom stereocenters. The number of imidazole rings is 1. The fourth-order valence-corrected chi connectivity index (χ4v) is 4.16. The Labute approximate surface area is 196 Å². The van der Waals surface area contributed by atoms with E-state index >= 15 is 0 Å². The van der Waals surface area contributed by atoms with Crippen LogP contribution in [0.3, 0.4) is 0 Å². The quantitative estimate of drug-likeness (QED) is 0.332. The van der Waals surface area contributed by atoms with Crippen LogP contribution < -0.4 is 0 Å². The Morgan fingerprint density at radius 3 is 2.38 bits per heavy atom. The van der Waals surface area contributed by atoms with Crippen LogP contribution in [0.1, 0.15) is 29.9 Å². The molecule has 4 aromatic rings. The van der Waals surface area contributed by atoms with Crippen LogP contribution in [0.4, 0.5) is 4.39 Å². The molecule has 4 nitrogen and oxygen atoms in total. The summed E-state index contributed by atoms with van der Waals surface area (Å²) in [5, 5.41) is 0.795. The largest absolute Gasteiger partial charge is 0.340 e. The summed E-state index contributed by atoms with van der Waals surface area (Å²) in [6, 6.07) is 19.0. The maximum Gasteiger partial charge on any atom is 0.245 e. The molecule has 0 N–H and O–H groups in total. The van der Waals surface area contributed by atoms with Crippen molar-refractivity contribution in [3.05, 3.63) is 99.5 Å². The number of carbonyl (C=O) groups excluding carboxylic acids is 1. The van der Waals surface area contributed by atoms with Gasteiger partial charge in [0.1, 0.15) is 17.7 Å². The van der Waals surface area contributed by atoms with E-state index in [0.717, 1.165) is 16.6 Å². The summed E-state index contributed by atoms with van der Waals surface area (Å²) in [5.41, 5.74) is 3.32. The highest BCUT2D eigenvalue weighted by molar-refractivity contribution is 6.42. The van der Waals surface area contributed by atoms with E-state index in [1.54, 1.807) is 36.2 Å². The lowest BCUT2D eigenvalue weighted by Gasteiger charge is -2.24. The van der Waals surface area contributed by atoms with Crippen LogP contribution in [0.15, 0.2) is 66.7 Å². The molecule has 164 valence electrons. The summed E-state index contributed by atoms with van der Waals surface area (Å²) in [5.74, 6) is 0.324. The van der Waals surface area contributed by atoms with E-state index in [4.69, 9.17) is 28.2 Å². The molecule has 0 fully saturated rings. The Morgan fingerprint density at radius 1 is 1.03 bits per heavy atom. The summed E-state index contributed by atoms with van der Waals surface area (Å²) in [6.45, 7) is 2.35. The molecular weight excluding hydrogens is 448 g/mol. The first-order chi connectivity index (χ1) is 15.3. The van der Waals surface area contributed by atoms with Crippen molar-refractivity contribution in [3.8, 4) is 0 Å². The van der Waals surface area contributed by atoms with Gasteiger partial charge >= 0.3 is 0 Å². The van der Waals surface area contributed by atoms with Crippen molar-refractivity contribution in [2.45, 2.75) is 25.9 Å². The fourth-order valence-electron chi connectivity index (χ4n) is 3.85. The van der Waals surface area contributed by atoms with Gasteiger partial charge in [-0.3, -0.25) is 4.79 Å². The van der Waals surface area contributed by atoms with E-state index in [-0.39, 0.29) is 11.7 Å². The topological polar surface area (TPSA) is 38.1 Å². The van der Waals surface area contributed by atoms with Crippen molar-refractivity contribution in [1.29, 1.82) is 0 Å². The zero-order valence-corrected chi connectivity index (χ0v) is 19.2. The van der Waals surface area contributed by atoms with Gasteiger partial charge in [0, 0.05) is 20.0 Å². The molecule has 0 aliphatic heterocycles. The highest BCUT2D eigenvalue weighted by atomic mass is 35.5. The predicted molar refractivity (Wildman–Crippen MR) is 127 cm³/mol. The van der Waals surface area contributed by atoms with E-state index in [1.807, 2.05) is 41.8 Å². The minimum absolute atomic E-state index is 0.0559. The number of aromatic nitrogens is 2. The Balaban J connectivity index is 1.72. The lowest BCUT2D eigenvalue weighted by Crippen LogP contribution is -2.33. The second-order valence-corrected chi connectivity index (χ2v) is 8.63. The minimum Gasteiger partial charge on any atom is -0.340 e. The smallest absolute Gasteiger partial charge is 0.245 e. The van der Waals surface area contributed by atoms with Crippen LogP contribution in [-0.2, 0) is 17.8 Å². The molecule has 0 bridgehead atoms. The molecule has 0 saturated carbocycles. The van der Waals surface area contributed by atoms with E-state index in [9.17, 15) is 9.18 Å². The van der Waals surface area contributed by atoms with Crippen LogP contribution in [-0.4, -0.2) is 27.4 Å². The third kappa shape index (κ3) is 4.64. The van der Waals surface area contributed by atoms with Crippen LogP contribution >= 0.6 is 23.2 Å². The number of benzene rings is 3. The Bertz CT molecular complexity index is 1260. The Hall–Kier alpha value is -2.89. The zero-order valence-electron chi connectivity index (χ0n) is 17.7. The number of nitrogens with zero attached hydrogens (tertiary/aromatic N) is 3. The van der Waals surface area contributed by atoms with Gasteiger partial charge in [-0.1, -0.05) is 65.7 Å². The highest BCUT2D eigenvalue weighted by Gasteiger charge is 2.25. The number of rotatable bonds is 6. The molecule has 0 radical (unpaired) electrons. The first-order valence-corrected chi connectivity index (χ1v) is 11.0. The molecule has 32 heavy (non-hydrogen) atoms. The van der Waals surface area contributed by atoms with Gasteiger partial charge in [-0.25, -0.2) is 9.37 Å². The van der Waals surface area contributed by atoms with Crippen LogP contribution in [0.5, 0.6) is 0 Å². The van der Waals surface area contributed by atoms with E-state index in [0.29, 0.717) is 34.4 Å². The SMILES string of the molecule is C[C@H](C(=O)N(C)Cc1ccccc1)n1c(Cc2ccc(F)cc2)nc2cc(Cl)c(Cl)cc21. The average molecular weight is 470 g/mol. The van der Waals surface area contributed by atoms with Crippen LogP contribution in [0, 0.1) is 5.82 Å². The first kappa shape index (κ1) is 22.3. The van der Waals surface area contributed by atoms with Gasteiger partial charge in [0.2, 0.25) is 5.91 Å². The molecule has 1 aromatic heterocycles. The van der Waals surface area contributed by atoms with Crippen molar-refractivity contribution in [2.24, 2.45) is 0 Å². The van der Waals surface area contributed by atoms with Gasteiger partial charge in [-0.15, -0.1) is 0 Å². The summed E-state index contributed by atoms with van der Waals surface area (Å²) in [7, 11) is 1.79.